The van der Waals surface area contributed by atoms with Gasteiger partial charge in [-0.05, 0) is 0 Å². The third-order valence-corrected chi connectivity index (χ3v) is 0. The molecule has 1 radical (unpaired) electrons. The second-order valence-electron chi connectivity index (χ2n) is 0. The van der Waals surface area contributed by atoms with Gasteiger partial charge in [0.05, 0.1) is 0 Å². The van der Waals surface area contributed by atoms with Crippen LogP contribution in [0.3, 0.4) is 0 Å². The first-order valence-electron chi connectivity index (χ1n) is 0.493. The summed E-state index contributed by atoms with van der Waals surface area (Å²) in [6.07, 6.45) is 0. The molecule has 0 heterocycles. The summed E-state index contributed by atoms with van der Waals surface area (Å²) < 4.78 is 16.8. The van der Waals surface area contributed by atoms with Crippen LogP contribution in [0.1, 0.15) is 0 Å². The molecule has 0 aromatic carbocycles. The van der Waals surface area contributed by atoms with Crippen LogP contribution in [-0.4, -0.2) is 0 Å². The van der Waals surface area contributed by atoms with Crippen LogP contribution in [0.25, 0.3) is 0 Å². The molecular formula is AgCdO2Zr. The Kier molecular flexibility index (Phi) is 111. The summed E-state index contributed by atoms with van der Waals surface area (Å²) in [5, 5.41) is 0. The van der Waals surface area contributed by atoms with E-state index in [4.69, 9.17) is 5.50 Å². The van der Waals surface area contributed by atoms with Crippen LogP contribution < -0.4 is 0 Å². The average molecular weight is 344 g/mol. The van der Waals surface area contributed by atoms with Crippen LogP contribution in [0.5, 0.6) is 0 Å². The quantitative estimate of drug-likeness (QED) is 0.569. The Morgan fingerprint density at radius 3 is 1.20 bits per heavy atom. The van der Waals surface area contributed by atoms with Crippen LogP contribution in [0, 0.1) is 0 Å². The van der Waals surface area contributed by atoms with E-state index in [1.165, 1.54) is 0 Å². The summed E-state index contributed by atoms with van der Waals surface area (Å²) >= 11 is 0.200. The van der Waals surface area contributed by atoms with Gasteiger partial charge in [-0.25, -0.2) is 0 Å². The first kappa shape index (κ1) is 15.7. The van der Waals surface area contributed by atoms with Gasteiger partial charge in [-0.15, -0.1) is 0 Å². The first-order valence-corrected chi connectivity index (χ1v) is 3.14. The molecule has 0 unspecified atom stereocenters. The van der Waals surface area contributed by atoms with Gasteiger partial charge in [-0.3, -0.25) is 0 Å². The topological polar surface area (TPSA) is 34.1 Å². The summed E-state index contributed by atoms with van der Waals surface area (Å²) in [6.45, 7) is 0. The van der Waals surface area contributed by atoms with Crippen molar-refractivity contribution >= 4 is 0 Å². The number of hydrogen-bond donors (Lipinski definition) is 0. The molecule has 29 valence electrons. The van der Waals surface area contributed by atoms with Crippen LogP contribution in [-0.2, 0) is 78.4 Å². The third kappa shape index (κ3) is 22.9. The van der Waals surface area contributed by atoms with Gasteiger partial charge in [-0.1, -0.05) is 0 Å². The predicted octanol–water partition coefficient (Wildman–Crippen LogP) is -0.245. The van der Waals surface area contributed by atoms with Gasteiger partial charge in [0.1, 0.15) is 0 Å². The summed E-state index contributed by atoms with van der Waals surface area (Å²) in [5.41, 5.74) is 0. The SMILES string of the molecule is [Ag].[O]=[Cd].[O]=[Zr]. The molecule has 0 spiro atoms. The molecule has 0 aliphatic heterocycles. The summed E-state index contributed by atoms with van der Waals surface area (Å²) in [5.74, 6) is 0. The van der Waals surface area contributed by atoms with E-state index in [2.05, 4.69) is 0 Å². The number of rotatable bonds is 0. The fraction of sp³-hybridized carbons (Fsp3) is 0. The van der Waals surface area contributed by atoms with Crippen LogP contribution in [0.15, 0.2) is 0 Å². The maximum absolute atomic E-state index is 8.42. The molecule has 0 aromatic rings. The van der Waals surface area contributed by atoms with Crippen molar-refractivity contribution in [1.82, 2.24) is 0 Å². The molecule has 0 aliphatic rings. The maximum atomic E-state index is 8.42. The zero-order valence-electron chi connectivity index (χ0n) is 2.33. The van der Waals surface area contributed by atoms with Gasteiger partial charge < -0.3 is 0 Å². The Morgan fingerprint density at radius 1 is 1.20 bits per heavy atom. The summed E-state index contributed by atoms with van der Waals surface area (Å²) in [6, 6.07) is 0. The van der Waals surface area contributed by atoms with Crippen LogP contribution >= 0.6 is 0 Å². The monoisotopic (exact) mass is 343 g/mol. The summed E-state index contributed by atoms with van der Waals surface area (Å²) in [7, 11) is 0. The van der Waals surface area contributed by atoms with Gasteiger partial charge in [0, 0.05) is 22.4 Å². The Bertz CT molecular complexity index is 11.6. The van der Waals surface area contributed by atoms with E-state index < -0.39 is 0 Å². The Morgan fingerprint density at radius 2 is 1.20 bits per heavy atom. The van der Waals surface area contributed by atoms with Crippen LogP contribution in [0.2, 0.25) is 0 Å². The molecule has 0 N–H and O–H groups in total. The van der Waals surface area contributed by atoms with Crippen molar-refractivity contribution < 1.29 is 78.4 Å². The molecule has 0 fully saturated rings. The molecule has 5 heavy (non-hydrogen) atoms. The molecule has 5 heteroatoms. The molecule has 0 saturated heterocycles. The standard InChI is InChI=1S/Ag.Cd.2O.Zr. The Balaban J connectivity index is -0.0000000133. The second kappa shape index (κ2) is 35.3. The van der Waals surface area contributed by atoms with Crippen molar-refractivity contribution in [3.63, 3.8) is 0 Å². The van der Waals surface area contributed by atoms with Crippen molar-refractivity contribution in [3.8, 4) is 0 Å². The van der Waals surface area contributed by atoms with Gasteiger partial charge in [0.25, 0.3) is 0 Å². The van der Waals surface area contributed by atoms with E-state index in [9.17, 15) is 0 Å². The minimum absolute atomic E-state index is 0. The van der Waals surface area contributed by atoms with Crippen molar-refractivity contribution in [3.05, 3.63) is 0 Å². The van der Waals surface area contributed by atoms with E-state index in [1.807, 2.05) is 0 Å². The zero-order valence-corrected chi connectivity index (χ0v) is 10.3. The van der Waals surface area contributed by atoms with Gasteiger partial charge in [-0.2, -0.15) is 0 Å². The molecule has 0 saturated carbocycles. The van der Waals surface area contributed by atoms with Crippen molar-refractivity contribution in [2.75, 3.05) is 0 Å². The first-order chi connectivity index (χ1) is 2.00. The fourth-order valence-electron chi connectivity index (χ4n) is 0. The van der Waals surface area contributed by atoms with E-state index in [0.29, 0.717) is 24.7 Å². The summed E-state index contributed by atoms with van der Waals surface area (Å²) in [4.78, 5) is 0. The molecule has 0 amide bonds. The molecule has 0 aliphatic carbocycles. The zero-order chi connectivity index (χ0) is 4.00. The third-order valence-electron chi connectivity index (χ3n) is 0. The molecule has 0 atom stereocenters. The number of hydrogen-bond acceptors (Lipinski definition) is 2. The molecule has 2 nitrogen and oxygen atoms in total. The van der Waals surface area contributed by atoms with Crippen molar-refractivity contribution in [2.24, 2.45) is 0 Å². The fourth-order valence-corrected chi connectivity index (χ4v) is 0. The van der Waals surface area contributed by atoms with Gasteiger partial charge in [0.15, 0.2) is 0 Å². The van der Waals surface area contributed by atoms with Gasteiger partial charge >= 0.3 is 56.0 Å². The molecule has 0 bridgehead atoms. The molecule has 0 rings (SSSR count). The molecule has 0 aromatic heterocycles. The molecular weight excluding hydrogens is 344 g/mol. The second-order valence-corrected chi connectivity index (χ2v) is 0. The normalized spacial score (nSPS) is 1.80. The van der Waals surface area contributed by atoms with Crippen molar-refractivity contribution in [1.29, 1.82) is 0 Å². The van der Waals surface area contributed by atoms with E-state index in [-0.39, 0.29) is 48.2 Å². The predicted molar refractivity (Wildman–Crippen MR) is 1.37 cm³/mol. The van der Waals surface area contributed by atoms with Crippen LogP contribution in [0.4, 0.5) is 0 Å². The van der Waals surface area contributed by atoms with E-state index in [1.54, 1.807) is 0 Å². The Hall–Kier alpha value is 2.15. The van der Waals surface area contributed by atoms with Crippen molar-refractivity contribution in [2.45, 2.75) is 0 Å². The van der Waals surface area contributed by atoms with E-state index >= 15 is 0 Å². The van der Waals surface area contributed by atoms with E-state index in [0.717, 1.165) is 0 Å². The van der Waals surface area contributed by atoms with Gasteiger partial charge in [0.2, 0.25) is 0 Å². The Labute approximate surface area is 77.0 Å². The minimum atomic E-state index is -0.1000. The average Bonchev–Trinajstić information content (AvgIpc) is 1.50.